The number of benzene rings is 1. The molecule has 2 aromatic rings. The predicted molar refractivity (Wildman–Crippen MR) is 98.3 cm³/mol. The minimum atomic E-state index is -3.42. The lowest BCUT2D eigenvalue weighted by Crippen LogP contribution is -2.24. The zero-order chi connectivity index (χ0) is 18.2. The number of fused-ring (bicyclic) bond motifs is 1. The molecular weight excluding hydrogens is 365 g/mol. The van der Waals surface area contributed by atoms with Crippen molar-refractivity contribution in [1.29, 1.82) is 0 Å². The van der Waals surface area contributed by atoms with Crippen molar-refractivity contribution in [3.63, 3.8) is 0 Å². The van der Waals surface area contributed by atoms with Gasteiger partial charge in [0.05, 0.1) is 28.7 Å². The van der Waals surface area contributed by atoms with Crippen molar-refractivity contribution < 1.29 is 12.8 Å². The maximum Gasteiger partial charge on any atom is 0.209 e. The van der Waals surface area contributed by atoms with E-state index in [1.807, 2.05) is 25.1 Å². The van der Waals surface area contributed by atoms with E-state index in [2.05, 4.69) is 9.82 Å². The Morgan fingerprint density at radius 1 is 1.40 bits per heavy atom. The largest absolute Gasteiger partial charge is 0.232 e. The first kappa shape index (κ1) is 17.8. The minimum absolute atomic E-state index is 0.00996. The van der Waals surface area contributed by atoms with Gasteiger partial charge in [-0.2, -0.15) is 5.10 Å². The summed E-state index contributed by atoms with van der Waals surface area (Å²) in [6.07, 6.45) is 5.85. The van der Waals surface area contributed by atoms with Crippen molar-refractivity contribution >= 4 is 38.2 Å². The van der Waals surface area contributed by atoms with Crippen molar-refractivity contribution in [2.24, 2.45) is 0 Å². The molecule has 1 aromatic carbocycles. The number of sulfonamides is 1. The van der Waals surface area contributed by atoms with Crippen LogP contribution in [0.4, 0.5) is 4.39 Å². The molecule has 0 fully saturated rings. The van der Waals surface area contributed by atoms with Crippen LogP contribution >= 0.6 is 11.6 Å². The third-order valence-corrected chi connectivity index (χ3v) is 4.82. The molecule has 1 N–H and O–H groups in total. The molecule has 0 amide bonds. The second-order valence-electron chi connectivity index (χ2n) is 5.93. The molecule has 8 heteroatoms. The van der Waals surface area contributed by atoms with Crippen LogP contribution in [0.2, 0.25) is 0 Å². The second-order valence-corrected chi connectivity index (χ2v) is 8.17. The Morgan fingerprint density at radius 2 is 2.16 bits per heavy atom. The summed E-state index contributed by atoms with van der Waals surface area (Å²) in [5.74, 6) is -0.434. The van der Waals surface area contributed by atoms with Crippen molar-refractivity contribution in [3.05, 3.63) is 58.5 Å². The molecule has 0 bridgehead atoms. The smallest absolute Gasteiger partial charge is 0.209 e. The van der Waals surface area contributed by atoms with E-state index in [1.165, 1.54) is 6.08 Å². The topological polar surface area (TPSA) is 64.0 Å². The van der Waals surface area contributed by atoms with Crippen molar-refractivity contribution in [2.75, 3.05) is 12.8 Å². The zero-order valence-electron chi connectivity index (χ0n) is 13.8. The Balaban J connectivity index is 1.97. The van der Waals surface area contributed by atoms with Crippen molar-refractivity contribution in [3.8, 4) is 0 Å². The molecule has 0 unspecified atom stereocenters. The summed E-state index contributed by atoms with van der Waals surface area (Å²) in [4.78, 5) is 0. The maximum absolute atomic E-state index is 14.3. The number of aromatic nitrogens is 2. The Hall–Kier alpha value is -1.96. The standard InChI is InChI=1S/C17H17ClFN3O2S/c1-11-3-5-16-13(7-11)9-20-22(16)17-6-4-15(19)12(8-14(17)18)10-21-25(2,23)24/h3,5-9,21H,4,10H2,1-2H3. The fraction of sp³-hybridized carbons (Fsp3) is 0.235. The molecule has 0 spiro atoms. The van der Waals surface area contributed by atoms with Gasteiger partial charge in [-0.15, -0.1) is 0 Å². The number of nitrogens with zero attached hydrogens (tertiary/aromatic N) is 2. The van der Waals surface area contributed by atoms with E-state index in [1.54, 1.807) is 17.0 Å². The average molecular weight is 382 g/mol. The number of hydrogen-bond acceptors (Lipinski definition) is 3. The lowest BCUT2D eigenvalue weighted by atomic mass is 10.2. The van der Waals surface area contributed by atoms with E-state index in [-0.39, 0.29) is 18.5 Å². The normalized spacial score (nSPS) is 16.0. The fourth-order valence-electron chi connectivity index (χ4n) is 2.61. The number of hydrogen-bond donors (Lipinski definition) is 1. The molecule has 5 nitrogen and oxygen atoms in total. The van der Waals surface area contributed by atoms with Crippen LogP contribution in [0.5, 0.6) is 0 Å². The number of nitrogens with one attached hydrogen (secondary N) is 1. The Kier molecular flexibility index (Phi) is 4.81. The molecular formula is C17H17ClFN3O2S. The zero-order valence-corrected chi connectivity index (χ0v) is 15.3. The Bertz CT molecular complexity index is 1040. The molecule has 0 saturated carbocycles. The van der Waals surface area contributed by atoms with Gasteiger partial charge in [-0.1, -0.05) is 29.3 Å². The van der Waals surface area contributed by atoms with Gasteiger partial charge >= 0.3 is 0 Å². The van der Waals surface area contributed by atoms with Crippen molar-refractivity contribution in [1.82, 2.24) is 14.5 Å². The first-order chi connectivity index (χ1) is 11.7. The molecule has 1 aromatic heterocycles. The molecule has 1 heterocycles. The SMILES string of the molecule is Cc1ccc2c(cnn2C2=CCC(F)=C(CNS(C)(=O)=O)C=C2Cl)c1. The first-order valence-corrected chi connectivity index (χ1v) is 9.86. The van der Waals surface area contributed by atoms with Gasteiger partial charge in [-0.3, -0.25) is 0 Å². The molecule has 1 aliphatic carbocycles. The van der Waals surface area contributed by atoms with Gasteiger partial charge in [0.1, 0.15) is 5.83 Å². The molecule has 1 aliphatic rings. The summed E-state index contributed by atoms with van der Waals surface area (Å²) in [7, 11) is -3.42. The van der Waals surface area contributed by atoms with Gasteiger partial charge in [0.2, 0.25) is 10.0 Å². The van der Waals surface area contributed by atoms with Crippen LogP contribution in [-0.2, 0) is 10.0 Å². The van der Waals surface area contributed by atoms with E-state index in [4.69, 9.17) is 11.6 Å². The van der Waals surface area contributed by atoms with E-state index in [0.29, 0.717) is 10.7 Å². The van der Waals surface area contributed by atoms with Crippen LogP contribution in [0.1, 0.15) is 12.0 Å². The van der Waals surface area contributed by atoms with Crippen LogP contribution in [-0.4, -0.2) is 31.0 Å². The molecule has 0 radical (unpaired) electrons. The maximum atomic E-state index is 14.3. The molecule has 0 saturated heterocycles. The van der Waals surface area contributed by atoms with Crippen LogP contribution in [0.3, 0.4) is 0 Å². The number of allylic oxidation sites excluding steroid dienone is 4. The fourth-order valence-corrected chi connectivity index (χ4v) is 3.31. The highest BCUT2D eigenvalue weighted by Crippen LogP contribution is 2.31. The van der Waals surface area contributed by atoms with E-state index < -0.39 is 15.9 Å². The molecule has 3 rings (SSSR count). The number of aryl methyl sites for hydroxylation is 1. The van der Waals surface area contributed by atoms with Crippen LogP contribution in [0.15, 0.2) is 53.0 Å². The lowest BCUT2D eigenvalue weighted by molar-refractivity contribution is 0.586. The molecule has 0 atom stereocenters. The molecule has 25 heavy (non-hydrogen) atoms. The highest BCUT2D eigenvalue weighted by Gasteiger charge is 2.17. The average Bonchev–Trinajstić information content (AvgIpc) is 2.87. The minimum Gasteiger partial charge on any atom is -0.232 e. The number of halogens is 2. The van der Waals surface area contributed by atoms with Gasteiger partial charge < -0.3 is 0 Å². The summed E-state index contributed by atoms with van der Waals surface area (Å²) in [5.41, 5.74) is 2.74. The third kappa shape index (κ3) is 4.00. The molecule has 132 valence electrons. The first-order valence-electron chi connectivity index (χ1n) is 7.59. The second kappa shape index (κ2) is 6.74. The van der Waals surface area contributed by atoms with Crippen LogP contribution < -0.4 is 4.72 Å². The van der Waals surface area contributed by atoms with Gasteiger partial charge in [0, 0.05) is 23.9 Å². The van der Waals surface area contributed by atoms with Crippen molar-refractivity contribution in [2.45, 2.75) is 13.3 Å². The summed E-state index contributed by atoms with van der Waals surface area (Å²) >= 11 is 6.37. The Morgan fingerprint density at radius 3 is 2.88 bits per heavy atom. The molecule has 0 aliphatic heterocycles. The monoisotopic (exact) mass is 381 g/mol. The number of rotatable bonds is 4. The van der Waals surface area contributed by atoms with E-state index in [0.717, 1.165) is 22.7 Å². The summed E-state index contributed by atoms with van der Waals surface area (Å²) < 4.78 is 40.7. The van der Waals surface area contributed by atoms with E-state index >= 15 is 0 Å². The van der Waals surface area contributed by atoms with Crippen LogP contribution in [0.25, 0.3) is 16.6 Å². The predicted octanol–water partition coefficient (Wildman–Crippen LogP) is 3.48. The van der Waals surface area contributed by atoms with Gasteiger partial charge in [0.15, 0.2) is 0 Å². The van der Waals surface area contributed by atoms with Gasteiger partial charge in [-0.05, 0) is 25.1 Å². The Labute approximate surface area is 150 Å². The summed E-state index contributed by atoms with van der Waals surface area (Å²) in [6.45, 7) is 1.84. The highest BCUT2D eigenvalue weighted by atomic mass is 35.5. The summed E-state index contributed by atoms with van der Waals surface area (Å²) in [6, 6.07) is 5.91. The van der Waals surface area contributed by atoms with Crippen LogP contribution in [0, 0.1) is 6.92 Å². The quantitative estimate of drug-likeness (QED) is 0.881. The van der Waals surface area contributed by atoms with Gasteiger partial charge in [0.25, 0.3) is 0 Å². The van der Waals surface area contributed by atoms with E-state index in [9.17, 15) is 12.8 Å². The highest BCUT2D eigenvalue weighted by molar-refractivity contribution is 7.88. The summed E-state index contributed by atoms with van der Waals surface area (Å²) in [5, 5.41) is 5.61. The lowest BCUT2D eigenvalue weighted by Gasteiger charge is -2.08. The van der Waals surface area contributed by atoms with Gasteiger partial charge in [-0.25, -0.2) is 22.2 Å². The third-order valence-electron chi connectivity index (χ3n) is 3.85.